The smallest absolute Gasteiger partial charge is 0.272 e. The highest BCUT2D eigenvalue weighted by molar-refractivity contribution is 7.91. The highest BCUT2D eigenvalue weighted by Gasteiger charge is 2.31. The molecule has 1 saturated heterocycles. The molecule has 1 aromatic heterocycles. The quantitative estimate of drug-likeness (QED) is 0.767. The Morgan fingerprint density at radius 3 is 2.70 bits per heavy atom. The Labute approximate surface area is 137 Å². The van der Waals surface area contributed by atoms with Gasteiger partial charge >= 0.3 is 0 Å². The molecule has 0 aromatic carbocycles. The fraction of sp³-hybridized carbons (Fsp3) is 0.667. The Balaban J connectivity index is 2.11. The number of unbranched alkanes of at least 4 members (excludes halogenated alkanes) is 1. The normalized spacial score (nSPS) is 19.5. The minimum Gasteiger partial charge on any atom is -0.356 e. The molecule has 1 aliphatic rings. The lowest BCUT2D eigenvalue weighted by Crippen LogP contribution is -2.34. The van der Waals surface area contributed by atoms with Gasteiger partial charge < -0.3 is 9.80 Å². The number of rotatable bonds is 6. The maximum absolute atomic E-state index is 12.4. The first-order valence-corrected chi connectivity index (χ1v) is 9.67. The standard InChI is InChI=1S/C15H24N4O3S/c1-4-5-7-18(2)15(20)13-9-14(17-11-16-13)19(3)12-6-8-23(21,22)10-12/h9,11-12H,4-8,10H2,1-3H3. The average molecular weight is 340 g/mol. The molecule has 0 radical (unpaired) electrons. The average Bonchev–Trinajstić information content (AvgIpc) is 2.91. The summed E-state index contributed by atoms with van der Waals surface area (Å²) in [5, 5.41) is 0. The Morgan fingerprint density at radius 1 is 1.35 bits per heavy atom. The van der Waals surface area contributed by atoms with Gasteiger partial charge in [0.05, 0.1) is 11.5 Å². The summed E-state index contributed by atoms with van der Waals surface area (Å²) in [5.41, 5.74) is 0.335. The van der Waals surface area contributed by atoms with Crippen molar-refractivity contribution < 1.29 is 13.2 Å². The third-order valence-electron chi connectivity index (χ3n) is 4.18. The molecule has 1 fully saturated rings. The van der Waals surface area contributed by atoms with Crippen LogP contribution < -0.4 is 4.90 Å². The van der Waals surface area contributed by atoms with Crippen molar-refractivity contribution in [3.05, 3.63) is 18.1 Å². The predicted octanol–water partition coefficient (Wildman–Crippen LogP) is 0.972. The predicted molar refractivity (Wildman–Crippen MR) is 89.4 cm³/mol. The summed E-state index contributed by atoms with van der Waals surface area (Å²) in [7, 11) is 0.607. The zero-order valence-electron chi connectivity index (χ0n) is 13.9. The second kappa shape index (κ2) is 7.25. The van der Waals surface area contributed by atoms with E-state index in [4.69, 9.17) is 0 Å². The molecule has 0 bridgehead atoms. The lowest BCUT2D eigenvalue weighted by molar-refractivity contribution is 0.0787. The van der Waals surface area contributed by atoms with E-state index in [1.54, 1.807) is 18.0 Å². The van der Waals surface area contributed by atoms with E-state index in [0.717, 1.165) is 12.8 Å². The first-order valence-electron chi connectivity index (χ1n) is 7.85. The van der Waals surface area contributed by atoms with Crippen LogP contribution in [0.2, 0.25) is 0 Å². The van der Waals surface area contributed by atoms with Crippen molar-refractivity contribution in [2.75, 3.05) is 37.0 Å². The van der Waals surface area contributed by atoms with Gasteiger partial charge in [-0.3, -0.25) is 4.79 Å². The van der Waals surface area contributed by atoms with Crippen molar-refractivity contribution in [1.29, 1.82) is 0 Å². The van der Waals surface area contributed by atoms with E-state index in [1.807, 2.05) is 11.9 Å². The summed E-state index contributed by atoms with van der Waals surface area (Å²) in [4.78, 5) is 24.1. The Hall–Kier alpha value is -1.70. The molecule has 1 unspecified atom stereocenters. The minimum absolute atomic E-state index is 0.101. The third-order valence-corrected chi connectivity index (χ3v) is 5.93. The van der Waals surface area contributed by atoms with E-state index in [-0.39, 0.29) is 23.5 Å². The van der Waals surface area contributed by atoms with Crippen LogP contribution in [-0.2, 0) is 9.84 Å². The molecule has 1 amide bonds. The second-order valence-corrected chi connectivity index (χ2v) is 8.24. The van der Waals surface area contributed by atoms with Crippen LogP contribution >= 0.6 is 0 Å². The van der Waals surface area contributed by atoms with Crippen LogP contribution in [0.15, 0.2) is 12.4 Å². The van der Waals surface area contributed by atoms with E-state index in [9.17, 15) is 13.2 Å². The molecule has 2 rings (SSSR count). The SMILES string of the molecule is CCCCN(C)C(=O)c1cc(N(C)C2CCS(=O)(=O)C2)ncn1. The summed E-state index contributed by atoms with van der Waals surface area (Å²) in [6.45, 7) is 2.76. The molecule has 0 saturated carbocycles. The molecule has 128 valence electrons. The summed E-state index contributed by atoms with van der Waals surface area (Å²) in [6.07, 6.45) is 3.91. The van der Waals surface area contributed by atoms with Gasteiger partial charge in [0.25, 0.3) is 5.91 Å². The van der Waals surface area contributed by atoms with Gasteiger partial charge in [-0.15, -0.1) is 0 Å². The van der Waals surface area contributed by atoms with Gasteiger partial charge in [-0.2, -0.15) is 0 Å². The number of sulfone groups is 1. The molecular formula is C15H24N4O3S. The van der Waals surface area contributed by atoms with E-state index in [2.05, 4.69) is 16.9 Å². The van der Waals surface area contributed by atoms with Crippen LogP contribution in [0.4, 0.5) is 5.82 Å². The van der Waals surface area contributed by atoms with Crippen LogP contribution in [-0.4, -0.2) is 67.4 Å². The van der Waals surface area contributed by atoms with Crippen molar-refractivity contribution in [3.8, 4) is 0 Å². The van der Waals surface area contributed by atoms with Gasteiger partial charge in [-0.05, 0) is 12.8 Å². The first kappa shape index (κ1) is 17.7. The largest absolute Gasteiger partial charge is 0.356 e. The van der Waals surface area contributed by atoms with Crippen LogP contribution in [0, 0.1) is 0 Å². The lowest BCUT2D eigenvalue weighted by Gasteiger charge is -2.24. The fourth-order valence-electron chi connectivity index (χ4n) is 2.62. The number of hydrogen-bond donors (Lipinski definition) is 0. The topological polar surface area (TPSA) is 83.5 Å². The Bertz CT molecular complexity index is 662. The molecule has 23 heavy (non-hydrogen) atoms. The monoisotopic (exact) mass is 340 g/mol. The highest BCUT2D eigenvalue weighted by Crippen LogP contribution is 2.21. The number of carbonyl (C=O) groups excluding carboxylic acids is 1. The van der Waals surface area contributed by atoms with Crippen LogP contribution in [0.5, 0.6) is 0 Å². The first-order chi connectivity index (χ1) is 10.8. The molecule has 8 heteroatoms. The number of anilines is 1. The molecule has 0 N–H and O–H groups in total. The number of hydrogen-bond acceptors (Lipinski definition) is 6. The van der Waals surface area contributed by atoms with Crippen LogP contribution in [0.3, 0.4) is 0 Å². The highest BCUT2D eigenvalue weighted by atomic mass is 32.2. The van der Waals surface area contributed by atoms with Crippen molar-refractivity contribution in [1.82, 2.24) is 14.9 Å². The zero-order valence-corrected chi connectivity index (χ0v) is 14.7. The Morgan fingerprint density at radius 2 is 2.09 bits per heavy atom. The van der Waals surface area contributed by atoms with Crippen molar-refractivity contribution >= 4 is 21.6 Å². The van der Waals surface area contributed by atoms with Gasteiger partial charge in [-0.25, -0.2) is 18.4 Å². The summed E-state index contributed by atoms with van der Waals surface area (Å²) in [5.74, 6) is 0.773. The number of carbonyl (C=O) groups is 1. The second-order valence-electron chi connectivity index (χ2n) is 6.01. The van der Waals surface area contributed by atoms with E-state index < -0.39 is 9.84 Å². The third kappa shape index (κ3) is 4.40. The van der Waals surface area contributed by atoms with Gasteiger partial charge in [0.15, 0.2) is 9.84 Å². The van der Waals surface area contributed by atoms with Crippen molar-refractivity contribution in [2.45, 2.75) is 32.2 Å². The molecule has 1 atom stereocenters. The molecule has 2 heterocycles. The molecule has 7 nitrogen and oxygen atoms in total. The maximum atomic E-state index is 12.4. The number of nitrogens with zero attached hydrogens (tertiary/aromatic N) is 4. The van der Waals surface area contributed by atoms with Crippen molar-refractivity contribution in [3.63, 3.8) is 0 Å². The fourth-order valence-corrected chi connectivity index (χ4v) is 4.39. The van der Waals surface area contributed by atoms with Crippen LogP contribution in [0.1, 0.15) is 36.7 Å². The van der Waals surface area contributed by atoms with E-state index >= 15 is 0 Å². The van der Waals surface area contributed by atoms with Gasteiger partial charge in [0.1, 0.15) is 17.8 Å². The van der Waals surface area contributed by atoms with E-state index in [1.165, 1.54) is 6.33 Å². The zero-order chi connectivity index (χ0) is 17.0. The molecule has 0 spiro atoms. The molecule has 0 aliphatic carbocycles. The summed E-state index contributed by atoms with van der Waals surface area (Å²) < 4.78 is 23.2. The van der Waals surface area contributed by atoms with Crippen molar-refractivity contribution in [2.24, 2.45) is 0 Å². The van der Waals surface area contributed by atoms with Gasteiger partial charge in [0, 0.05) is 32.7 Å². The van der Waals surface area contributed by atoms with Gasteiger partial charge in [-0.1, -0.05) is 13.3 Å². The molecule has 1 aliphatic heterocycles. The summed E-state index contributed by atoms with van der Waals surface area (Å²) >= 11 is 0. The lowest BCUT2D eigenvalue weighted by atomic mass is 10.2. The number of amides is 1. The van der Waals surface area contributed by atoms with E-state index in [0.29, 0.717) is 24.5 Å². The van der Waals surface area contributed by atoms with Gasteiger partial charge in [0.2, 0.25) is 0 Å². The maximum Gasteiger partial charge on any atom is 0.272 e. The minimum atomic E-state index is -2.96. The summed E-state index contributed by atoms with van der Waals surface area (Å²) in [6, 6.07) is 1.53. The Kier molecular flexibility index (Phi) is 5.56. The molecular weight excluding hydrogens is 316 g/mol. The molecule has 1 aromatic rings. The van der Waals surface area contributed by atoms with Crippen LogP contribution in [0.25, 0.3) is 0 Å². The number of aromatic nitrogens is 2.